The monoisotopic (exact) mass is 241 g/mol. The Bertz CT molecular complexity index is 508. The average Bonchev–Trinajstić information content (AvgIpc) is 2.38. The van der Waals surface area contributed by atoms with Gasteiger partial charge in [-0.15, -0.1) is 0 Å². The SMILES string of the molecule is CCCc1ccccc1OCc1cccc(N)c1. The Balaban J connectivity index is 2.06. The second-order valence-electron chi connectivity index (χ2n) is 4.39. The zero-order valence-electron chi connectivity index (χ0n) is 10.7. The summed E-state index contributed by atoms with van der Waals surface area (Å²) >= 11 is 0. The van der Waals surface area contributed by atoms with Crippen LogP contribution in [0.1, 0.15) is 24.5 Å². The van der Waals surface area contributed by atoms with Crippen LogP contribution in [0.4, 0.5) is 5.69 Å². The minimum Gasteiger partial charge on any atom is -0.489 e. The first kappa shape index (κ1) is 12.5. The second-order valence-corrected chi connectivity index (χ2v) is 4.39. The third-order valence-electron chi connectivity index (χ3n) is 2.84. The van der Waals surface area contributed by atoms with Gasteiger partial charge in [0.2, 0.25) is 0 Å². The van der Waals surface area contributed by atoms with E-state index in [1.165, 1.54) is 5.56 Å². The minimum atomic E-state index is 0.561. The fraction of sp³-hybridized carbons (Fsp3) is 0.250. The van der Waals surface area contributed by atoms with Gasteiger partial charge < -0.3 is 10.5 Å². The predicted octanol–water partition coefficient (Wildman–Crippen LogP) is 3.80. The molecule has 0 saturated carbocycles. The first-order chi connectivity index (χ1) is 8.79. The number of nitrogens with two attached hydrogens (primary N) is 1. The third-order valence-corrected chi connectivity index (χ3v) is 2.84. The molecule has 2 aromatic rings. The van der Waals surface area contributed by atoms with Crippen LogP contribution in [0.5, 0.6) is 5.75 Å². The van der Waals surface area contributed by atoms with Gasteiger partial charge in [0.15, 0.2) is 0 Å². The lowest BCUT2D eigenvalue weighted by molar-refractivity contribution is 0.303. The first-order valence-electron chi connectivity index (χ1n) is 6.34. The van der Waals surface area contributed by atoms with Gasteiger partial charge in [0.25, 0.3) is 0 Å². The van der Waals surface area contributed by atoms with E-state index in [0.29, 0.717) is 6.61 Å². The molecule has 2 rings (SSSR count). The Kier molecular flexibility index (Phi) is 4.24. The zero-order valence-corrected chi connectivity index (χ0v) is 10.7. The number of nitrogen functional groups attached to an aromatic ring is 1. The van der Waals surface area contributed by atoms with Gasteiger partial charge in [-0.1, -0.05) is 43.7 Å². The Morgan fingerprint density at radius 2 is 1.89 bits per heavy atom. The standard InChI is InChI=1S/C16H19NO/c1-2-6-14-8-3-4-10-16(14)18-12-13-7-5-9-15(17)11-13/h3-5,7-11H,2,6,12,17H2,1H3. The van der Waals surface area contributed by atoms with E-state index < -0.39 is 0 Å². The van der Waals surface area contributed by atoms with Crippen LogP contribution in [0, 0.1) is 0 Å². The molecule has 2 aromatic carbocycles. The highest BCUT2D eigenvalue weighted by Gasteiger charge is 2.02. The maximum Gasteiger partial charge on any atom is 0.122 e. The van der Waals surface area contributed by atoms with Gasteiger partial charge in [-0.25, -0.2) is 0 Å². The Morgan fingerprint density at radius 1 is 1.06 bits per heavy atom. The fourth-order valence-electron chi connectivity index (χ4n) is 1.96. The fourth-order valence-corrected chi connectivity index (χ4v) is 1.96. The molecule has 2 N–H and O–H groups in total. The summed E-state index contributed by atoms with van der Waals surface area (Å²) in [7, 11) is 0. The Hall–Kier alpha value is -1.96. The summed E-state index contributed by atoms with van der Waals surface area (Å²) in [5.41, 5.74) is 8.89. The molecule has 0 radical (unpaired) electrons. The van der Waals surface area contributed by atoms with E-state index in [2.05, 4.69) is 19.1 Å². The highest BCUT2D eigenvalue weighted by molar-refractivity contribution is 5.41. The van der Waals surface area contributed by atoms with Crippen LogP contribution >= 0.6 is 0 Å². The lowest BCUT2D eigenvalue weighted by atomic mass is 10.1. The van der Waals surface area contributed by atoms with E-state index in [1.54, 1.807) is 0 Å². The third kappa shape index (κ3) is 3.27. The van der Waals surface area contributed by atoms with E-state index in [9.17, 15) is 0 Å². The van der Waals surface area contributed by atoms with Crippen LogP contribution in [0.2, 0.25) is 0 Å². The summed E-state index contributed by atoms with van der Waals surface area (Å²) in [5.74, 6) is 0.974. The highest BCUT2D eigenvalue weighted by atomic mass is 16.5. The molecule has 18 heavy (non-hydrogen) atoms. The average molecular weight is 241 g/mol. The zero-order chi connectivity index (χ0) is 12.8. The molecule has 0 heterocycles. The van der Waals surface area contributed by atoms with Gasteiger partial charge in [-0.3, -0.25) is 0 Å². The molecule has 0 saturated heterocycles. The lowest BCUT2D eigenvalue weighted by Gasteiger charge is -2.11. The maximum absolute atomic E-state index is 5.88. The molecule has 2 heteroatoms. The summed E-state index contributed by atoms with van der Waals surface area (Å²) in [4.78, 5) is 0. The molecule has 94 valence electrons. The normalized spacial score (nSPS) is 10.3. The van der Waals surface area contributed by atoms with Crippen LogP contribution in [0.25, 0.3) is 0 Å². The van der Waals surface area contributed by atoms with E-state index in [-0.39, 0.29) is 0 Å². The number of para-hydroxylation sites is 1. The van der Waals surface area contributed by atoms with Crippen molar-refractivity contribution in [1.29, 1.82) is 0 Å². The molecule has 0 aliphatic heterocycles. The number of hydrogen-bond donors (Lipinski definition) is 1. The smallest absolute Gasteiger partial charge is 0.122 e. The molecule has 2 nitrogen and oxygen atoms in total. The number of anilines is 1. The van der Waals surface area contributed by atoms with Crippen molar-refractivity contribution in [3.8, 4) is 5.75 Å². The maximum atomic E-state index is 5.88. The van der Waals surface area contributed by atoms with Gasteiger partial charge in [-0.2, -0.15) is 0 Å². The topological polar surface area (TPSA) is 35.2 Å². The first-order valence-corrected chi connectivity index (χ1v) is 6.34. The Labute approximate surface area is 108 Å². The molecule has 0 fully saturated rings. The minimum absolute atomic E-state index is 0.561. The lowest BCUT2D eigenvalue weighted by Crippen LogP contribution is -1.99. The van der Waals surface area contributed by atoms with Gasteiger partial charge in [0, 0.05) is 5.69 Å². The number of benzene rings is 2. The van der Waals surface area contributed by atoms with Crippen LogP contribution in [0.3, 0.4) is 0 Å². The number of aryl methyl sites for hydroxylation is 1. The van der Waals surface area contributed by atoms with E-state index in [0.717, 1.165) is 29.8 Å². The number of rotatable bonds is 5. The molecular weight excluding hydrogens is 222 g/mol. The van der Waals surface area contributed by atoms with Crippen molar-refractivity contribution < 1.29 is 4.74 Å². The highest BCUT2D eigenvalue weighted by Crippen LogP contribution is 2.21. The van der Waals surface area contributed by atoms with Gasteiger partial charge in [0.1, 0.15) is 12.4 Å². The van der Waals surface area contributed by atoms with Crippen LogP contribution in [-0.2, 0) is 13.0 Å². The van der Waals surface area contributed by atoms with E-state index in [1.807, 2.05) is 36.4 Å². The largest absolute Gasteiger partial charge is 0.489 e. The van der Waals surface area contributed by atoms with Crippen LogP contribution < -0.4 is 10.5 Å². The van der Waals surface area contributed by atoms with Crippen LogP contribution in [-0.4, -0.2) is 0 Å². The molecule has 0 atom stereocenters. The van der Waals surface area contributed by atoms with Crippen molar-refractivity contribution >= 4 is 5.69 Å². The van der Waals surface area contributed by atoms with Gasteiger partial charge in [0.05, 0.1) is 0 Å². The summed E-state index contributed by atoms with van der Waals surface area (Å²) < 4.78 is 5.88. The van der Waals surface area contributed by atoms with Gasteiger partial charge in [-0.05, 0) is 35.7 Å². The van der Waals surface area contributed by atoms with E-state index >= 15 is 0 Å². The molecule has 0 aliphatic carbocycles. The summed E-state index contributed by atoms with van der Waals surface area (Å²) in [6.07, 6.45) is 2.17. The van der Waals surface area contributed by atoms with Crippen molar-refractivity contribution in [3.05, 3.63) is 59.7 Å². The molecule has 0 aliphatic rings. The molecule has 0 bridgehead atoms. The molecular formula is C16H19NO. The van der Waals surface area contributed by atoms with E-state index in [4.69, 9.17) is 10.5 Å². The number of ether oxygens (including phenoxy) is 1. The molecule has 0 aromatic heterocycles. The molecule has 0 spiro atoms. The van der Waals surface area contributed by atoms with Crippen molar-refractivity contribution in [2.75, 3.05) is 5.73 Å². The summed E-state index contributed by atoms with van der Waals surface area (Å²) in [6.45, 7) is 2.74. The predicted molar refractivity (Wildman–Crippen MR) is 75.6 cm³/mol. The van der Waals surface area contributed by atoms with Crippen molar-refractivity contribution in [1.82, 2.24) is 0 Å². The van der Waals surface area contributed by atoms with Crippen LogP contribution in [0.15, 0.2) is 48.5 Å². The van der Waals surface area contributed by atoms with Crippen molar-refractivity contribution in [2.24, 2.45) is 0 Å². The number of hydrogen-bond acceptors (Lipinski definition) is 2. The molecule has 0 unspecified atom stereocenters. The quantitative estimate of drug-likeness (QED) is 0.808. The van der Waals surface area contributed by atoms with Gasteiger partial charge >= 0.3 is 0 Å². The van der Waals surface area contributed by atoms with Crippen molar-refractivity contribution in [2.45, 2.75) is 26.4 Å². The summed E-state index contributed by atoms with van der Waals surface area (Å²) in [6, 6.07) is 16.0. The second kappa shape index (κ2) is 6.10. The van der Waals surface area contributed by atoms with Crippen molar-refractivity contribution in [3.63, 3.8) is 0 Å². The summed E-state index contributed by atoms with van der Waals surface area (Å²) in [5, 5.41) is 0. The molecule has 0 amide bonds. The Morgan fingerprint density at radius 3 is 2.67 bits per heavy atom.